The molecular formula is C20H23F2N3O2. The third-order valence-electron chi connectivity index (χ3n) is 3.88. The number of aryl methyl sites for hydroxylation is 1. The molecule has 1 aromatic carbocycles. The highest BCUT2D eigenvalue weighted by Crippen LogP contribution is 2.24. The van der Waals surface area contributed by atoms with Gasteiger partial charge in [0.15, 0.2) is 0 Å². The zero-order chi connectivity index (χ0) is 19.8. The van der Waals surface area contributed by atoms with Crippen LogP contribution >= 0.6 is 0 Å². The highest BCUT2D eigenvalue weighted by atomic mass is 19.1. The van der Waals surface area contributed by atoms with Crippen LogP contribution in [0.3, 0.4) is 0 Å². The van der Waals surface area contributed by atoms with Gasteiger partial charge >= 0.3 is 5.56 Å². The number of methoxy groups -OCH3 is 1. The fourth-order valence-electron chi connectivity index (χ4n) is 2.51. The Bertz CT molecular complexity index is 905. The molecule has 0 radical (unpaired) electrons. The first-order valence-electron chi connectivity index (χ1n) is 8.58. The van der Waals surface area contributed by atoms with E-state index in [-0.39, 0.29) is 12.5 Å². The van der Waals surface area contributed by atoms with Gasteiger partial charge in [0.2, 0.25) is 11.8 Å². The largest absolute Gasteiger partial charge is 0.497 e. The maximum absolute atomic E-state index is 13.8. The van der Waals surface area contributed by atoms with Gasteiger partial charge in [-0.2, -0.15) is 9.37 Å². The lowest BCUT2D eigenvalue weighted by molar-refractivity contribution is 0.415. The molecule has 1 N–H and O–H groups in total. The van der Waals surface area contributed by atoms with Gasteiger partial charge in [0.1, 0.15) is 12.4 Å². The average molecular weight is 375 g/mol. The Morgan fingerprint density at radius 2 is 2.19 bits per heavy atom. The van der Waals surface area contributed by atoms with E-state index < -0.39 is 18.1 Å². The summed E-state index contributed by atoms with van der Waals surface area (Å²) in [4.78, 5) is 15.5. The summed E-state index contributed by atoms with van der Waals surface area (Å²) in [6, 6.07) is 5.44. The molecule has 0 atom stereocenters. The number of benzene rings is 1. The Hall–Kier alpha value is -2.96. The van der Waals surface area contributed by atoms with Crippen molar-refractivity contribution in [1.29, 1.82) is 0 Å². The van der Waals surface area contributed by atoms with Crippen LogP contribution in [0.25, 0.3) is 0 Å². The monoisotopic (exact) mass is 375 g/mol. The van der Waals surface area contributed by atoms with Crippen molar-refractivity contribution in [2.24, 2.45) is 0 Å². The molecule has 0 unspecified atom stereocenters. The van der Waals surface area contributed by atoms with Crippen LogP contribution in [0.4, 0.5) is 20.4 Å². The molecule has 1 aromatic heterocycles. The predicted octanol–water partition coefficient (Wildman–Crippen LogP) is 4.31. The zero-order valence-corrected chi connectivity index (χ0v) is 15.6. The summed E-state index contributed by atoms with van der Waals surface area (Å²) in [7, 11) is 1.56. The number of hydrogen-bond donors (Lipinski definition) is 1. The van der Waals surface area contributed by atoms with E-state index in [0.717, 1.165) is 23.8 Å². The lowest BCUT2D eigenvalue weighted by Gasteiger charge is -2.16. The minimum atomic E-state index is -0.951. The second-order valence-corrected chi connectivity index (χ2v) is 5.90. The van der Waals surface area contributed by atoms with Crippen molar-refractivity contribution in [1.82, 2.24) is 9.55 Å². The molecule has 0 aliphatic carbocycles. The average Bonchev–Trinajstić information content (AvgIpc) is 2.65. The second kappa shape index (κ2) is 9.66. The topological polar surface area (TPSA) is 56.2 Å². The molecule has 2 rings (SSSR count). The molecular weight excluding hydrogens is 352 g/mol. The van der Waals surface area contributed by atoms with Crippen LogP contribution in [0.15, 0.2) is 53.0 Å². The van der Waals surface area contributed by atoms with Gasteiger partial charge in [-0.15, -0.1) is 0 Å². The van der Waals surface area contributed by atoms with Crippen molar-refractivity contribution in [2.75, 3.05) is 19.1 Å². The van der Waals surface area contributed by atoms with Crippen LogP contribution in [-0.2, 0) is 6.54 Å². The van der Waals surface area contributed by atoms with E-state index in [1.807, 2.05) is 32.1 Å². The minimum absolute atomic E-state index is 0.188. The van der Waals surface area contributed by atoms with Crippen LogP contribution in [0.1, 0.15) is 18.9 Å². The molecule has 0 fully saturated rings. The summed E-state index contributed by atoms with van der Waals surface area (Å²) in [5.74, 6) is -0.127. The molecule has 2 aromatic rings. The zero-order valence-electron chi connectivity index (χ0n) is 15.6. The van der Waals surface area contributed by atoms with Crippen molar-refractivity contribution < 1.29 is 13.5 Å². The van der Waals surface area contributed by atoms with Crippen LogP contribution in [0.2, 0.25) is 0 Å². The summed E-state index contributed by atoms with van der Waals surface area (Å²) < 4.78 is 33.0. The number of aromatic nitrogens is 2. The Morgan fingerprint density at radius 1 is 1.41 bits per heavy atom. The number of alkyl halides is 1. The summed E-state index contributed by atoms with van der Waals surface area (Å²) >= 11 is 0. The van der Waals surface area contributed by atoms with Gasteiger partial charge in [-0.05, 0) is 30.5 Å². The van der Waals surface area contributed by atoms with E-state index in [2.05, 4.69) is 10.3 Å². The molecule has 0 spiro atoms. The second-order valence-electron chi connectivity index (χ2n) is 5.90. The van der Waals surface area contributed by atoms with Gasteiger partial charge in [-0.3, -0.25) is 4.79 Å². The first kappa shape index (κ1) is 20.4. The fraction of sp³-hybridized carbons (Fsp3) is 0.300. The normalized spacial score (nSPS) is 11.8. The van der Waals surface area contributed by atoms with Crippen LogP contribution in [-0.4, -0.2) is 23.3 Å². The standard InChI is InChI=1S/C20H23F2N3O2/c1-4-6-15(7-5-10-21)12-25-13-17(22)19(26)24-20(25)23-18-11-16(27-3)9-8-14(18)2/h5-9,11,13H,4,10,12H2,1-3H3,(H,23,24,26)/b7-5-,15-6+. The number of halogens is 2. The van der Waals surface area contributed by atoms with E-state index in [9.17, 15) is 13.6 Å². The molecule has 5 nitrogen and oxygen atoms in total. The molecule has 0 aliphatic rings. The predicted molar refractivity (Wildman–Crippen MR) is 103 cm³/mol. The van der Waals surface area contributed by atoms with Crippen molar-refractivity contribution in [2.45, 2.75) is 26.8 Å². The van der Waals surface area contributed by atoms with E-state index in [1.165, 1.54) is 10.6 Å². The summed E-state index contributed by atoms with van der Waals surface area (Å²) in [5.41, 5.74) is 1.42. The van der Waals surface area contributed by atoms with Crippen molar-refractivity contribution in [3.63, 3.8) is 0 Å². The van der Waals surface area contributed by atoms with Crippen LogP contribution < -0.4 is 15.6 Å². The van der Waals surface area contributed by atoms with Gasteiger partial charge in [-0.25, -0.2) is 4.39 Å². The molecule has 0 saturated carbocycles. The van der Waals surface area contributed by atoms with Crippen molar-refractivity contribution in [3.05, 3.63) is 69.9 Å². The Kier molecular flexibility index (Phi) is 7.28. The quantitative estimate of drug-likeness (QED) is 0.699. The van der Waals surface area contributed by atoms with Gasteiger partial charge < -0.3 is 14.6 Å². The molecule has 7 heteroatoms. The number of rotatable bonds is 8. The van der Waals surface area contributed by atoms with E-state index in [1.54, 1.807) is 19.3 Å². The van der Waals surface area contributed by atoms with E-state index >= 15 is 0 Å². The first-order chi connectivity index (χ1) is 13.0. The number of anilines is 2. The molecule has 144 valence electrons. The van der Waals surface area contributed by atoms with Crippen molar-refractivity contribution >= 4 is 11.6 Å². The number of hydrogen-bond acceptors (Lipinski definition) is 4. The lowest BCUT2D eigenvalue weighted by atomic mass is 10.2. The van der Waals surface area contributed by atoms with Crippen molar-refractivity contribution in [3.8, 4) is 5.75 Å². The minimum Gasteiger partial charge on any atom is -0.497 e. The maximum atomic E-state index is 13.8. The van der Waals surface area contributed by atoms with Gasteiger partial charge in [0.05, 0.1) is 13.7 Å². The number of allylic oxidation sites excluding steroid dienone is 4. The van der Waals surface area contributed by atoms with E-state index in [4.69, 9.17) is 4.74 Å². The Balaban J connectivity index is 2.44. The Morgan fingerprint density at radius 3 is 2.85 bits per heavy atom. The lowest BCUT2D eigenvalue weighted by Crippen LogP contribution is -2.20. The third kappa shape index (κ3) is 5.51. The summed E-state index contributed by atoms with van der Waals surface area (Å²) in [6.45, 7) is 3.48. The van der Waals surface area contributed by atoms with E-state index in [0.29, 0.717) is 11.4 Å². The smallest absolute Gasteiger partial charge is 0.310 e. The highest BCUT2D eigenvalue weighted by molar-refractivity contribution is 5.61. The molecule has 0 aliphatic heterocycles. The molecule has 0 amide bonds. The van der Waals surface area contributed by atoms with Gasteiger partial charge in [-0.1, -0.05) is 31.2 Å². The third-order valence-corrected chi connectivity index (χ3v) is 3.88. The number of nitrogens with one attached hydrogen (secondary N) is 1. The maximum Gasteiger partial charge on any atom is 0.310 e. The number of nitrogens with zero attached hydrogens (tertiary/aromatic N) is 2. The van der Waals surface area contributed by atoms with Crippen LogP contribution in [0.5, 0.6) is 5.75 Å². The molecule has 0 bridgehead atoms. The number of ether oxygens (including phenoxy) is 1. The molecule has 1 heterocycles. The fourth-order valence-corrected chi connectivity index (χ4v) is 2.51. The summed E-state index contributed by atoms with van der Waals surface area (Å²) in [6.07, 6.45) is 6.76. The Labute approximate surface area is 157 Å². The van der Waals surface area contributed by atoms with Gasteiger partial charge in [0.25, 0.3) is 0 Å². The first-order valence-corrected chi connectivity index (χ1v) is 8.58. The molecule has 27 heavy (non-hydrogen) atoms. The molecule has 0 saturated heterocycles. The van der Waals surface area contributed by atoms with Gasteiger partial charge in [0, 0.05) is 18.0 Å². The highest BCUT2D eigenvalue weighted by Gasteiger charge is 2.11. The SMILES string of the molecule is CC/C=C(\C=C/CF)Cn1cc(F)c(=O)nc1Nc1cc(OC)ccc1C. The van der Waals surface area contributed by atoms with Crippen LogP contribution in [0, 0.1) is 12.7 Å². The summed E-state index contributed by atoms with van der Waals surface area (Å²) in [5, 5.41) is 3.07.